The second-order valence-corrected chi connectivity index (χ2v) is 4.91. The molecule has 0 saturated heterocycles. The Bertz CT molecular complexity index is 618. The number of carbonyl (C=O) groups excluding carboxylic acids is 1. The van der Waals surface area contributed by atoms with Crippen LogP contribution < -0.4 is 5.32 Å². The molecule has 0 aliphatic rings. The van der Waals surface area contributed by atoms with E-state index in [4.69, 9.17) is 0 Å². The van der Waals surface area contributed by atoms with Gasteiger partial charge >= 0.3 is 6.03 Å². The third-order valence-electron chi connectivity index (χ3n) is 2.98. The van der Waals surface area contributed by atoms with Crippen molar-refractivity contribution in [3.8, 4) is 5.69 Å². The van der Waals surface area contributed by atoms with Gasteiger partial charge in [0.1, 0.15) is 0 Å². The first-order chi connectivity index (χ1) is 10.1. The zero-order valence-electron chi connectivity index (χ0n) is 12.4. The molecule has 0 radical (unpaired) electrons. The fourth-order valence-electron chi connectivity index (χ4n) is 1.96. The minimum atomic E-state index is -0.145. The van der Waals surface area contributed by atoms with Crippen molar-refractivity contribution in [1.29, 1.82) is 0 Å². The predicted octanol–water partition coefficient (Wildman–Crippen LogP) is 3.30. The molecule has 5 heteroatoms. The summed E-state index contributed by atoms with van der Waals surface area (Å²) in [7, 11) is 0. The van der Waals surface area contributed by atoms with E-state index in [1.165, 1.54) is 0 Å². The molecule has 0 aliphatic carbocycles. The molecular weight excluding hydrogens is 264 g/mol. The van der Waals surface area contributed by atoms with E-state index in [0.29, 0.717) is 18.8 Å². The van der Waals surface area contributed by atoms with Crippen LogP contribution in [0.2, 0.25) is 0 Å². The third-order valence-corrected chi connectivity index (χ3v) is 2.98. The SMILES string of the molecule is C=C(C)CN(CC)C(=O)Nc1cnn(-c2ccccc2)c1. The van der Waals surface area contributed by atoms with Crippen LogP contribution in [0.1, 0.15) is 13.8 Å². The molecule has 0 fully saturated rings. The van der Waals surface area contributed by atoms with Crippen LogP contribution in [-0.2, 0) is 0 Å². The molecule has 110 valence electrons. The number of carbonyl (C=O) groups is 1. The number of likely N-dealkylation sites (N-methyl/N-ethyl adjacent to an activating group) is 1. The Kier molecular flexibility index (Phi) is 4.77. The molecule has 2 amide bonds. The molecule has 0 atom stereocenters. The molecule has 0 bridgehead atoms. The zero-order valence-corrected chi connectivity index (χ0v) is 12.4. The normalized spacial score (nSPS) is 10.2. The Balaban J connectivity index is 2.05. The second kappa shape index (κ2) is 6.74. The molecule has 0 spiro atoms. The molecule has 2 rings (SSSR count). The van der Waals surface area contributed by atoms with E-state index in [2.05, 4.69) is 17.0 Å². The van der Waals surface area contributed by atoms with E-state index in [1.807, 2.05) is 44.2 Å². The Labute approximate surface area is 124 Å². The van der Waals surface area contributed by atoms with Gasteiger partial charge in [-0.15, -0.1) is 0 Å². The van der Waals surface area contributed by atoms with Crippen molar-refractivity contribution >= 4 is 11.7 Å². The van der Waals surface area contributed by atoms with Gasteiger partial charge in [0.2, 0.25) is 0 Å². The smallest absolute Gasteiger partial charge is 0.321 e. The van der Waals surface area contributed by atoms with E-state index in [0.717, 1.165) is 11.3 Å². The lowest BCUT2D eigenvalue weighted by atomic mass is 10.3. The molecular formula is C16H20N4O. The largest absolute Gasteiger partial charge is 0.322 e. The van der Waals surface area contributed by atoms with E-state index >= 15 is 0 Å². The first-order valence-electron chi connectivity index (χ1n) is 6.90. The van der Waals surface area contributed by atoms with Crippen LogP contribution in [0.25, 0.3) is 5.69 Å². The molecule has 5 nitrogen and oxygen atoms in total. The van der Waals surface area contributed by atoms with Gasteiger partial charge in [-0.25, -0.2) is 9.48 Å². The monoisotopic (exact) mass is 284 g/mol. The third kappa shape index (κ3) is 3.95. The van der Waals surface area contributed by atoms with Gasteiger partial charge in [0.15, 0.2) is 0 Å². The first-order valence-corrected chi connectivity index (χ1v) is 6.90. The number of amides is 2. The van der Waals surface area contributed by atoms with Gasteiger partial charge in [0.25, 0.3) is 0 Å². The number of benzene rings is 1. The number of nitrogens with zero attached hydrogens (tertiary/aromatic N) is 3. The number of para-hydroxylation sites is 1. The standard InChI is InChI=1S/C16H20N4O/c1-4-19(11-13(2)3)16(21)18-14-10-17-20(12-14)15-8-6-5-7-9-15/h5-10,12H,2,4,11H2,1,3H3,(H,18,21). The maximum absolute atomic E-state index is 12.2. The average molecular weight is 284 g/mol. The van der Waals surface area contributed by atoms with Crippen molar-refractivity contribution in [1.82, 2.24) is 14.7 Å². The predicted molar refractivity (Wildman–Crippen MR) is 84.6 cm³/mol. The molecule has 0 aliphatic heterocycles. The summed E-state index contributed by atoms with van der Waals surface area (Å²) in [6.07, 6.45) is 3.43. The molecule has 1 heterocycles. The summed E-state index contributed by atoms with van der Waals surface area (Å²) in [5, 5.41) is 7.10. The van der Waals surface area contributed by atoms with Gasteiger partial charge < -0.3 is 10.2 Å². The maximum atomic E-state index is 12.2. The summed E-state index contributed by atoms with van der Waals surface area (Å²) < 4.78 is 1.73. The Morgan fingerprint density at radius 3 is 2.71 bits per heavy atom. The van der Waals surface area contributed by atoms with Crippen LogP contribution in [0.15, 0.2) is 54.9 Å². The lowest BCUT2D eigenvalue weighted by Crippen LogP contribution is -2.35. The summed E-state index contributed by atoms with van der Waals surface area (Å²) in [6.45, 7) is 8.87. The Morgan fingerprint density at radius 2 is 2.10 bits per heavy atom. The van der Waals surface area contributed by atoms with Crippen LogP contribution in [-0.4, -0.2) is 33.8 Å². The van der Waals surface area contributed by atoms with Gasteiger partial charge in [0.05, 0.1) is 23.8 Å². The molecule has 0 unspecified atom stereocenters. The topological polar surface area (TPSA) is 50.2 Å². The number of hydrogen-bond donors (Lipinski definition) is 1. The highest BCUT2D eigenvalue weighted by atomic mass is 16.2. The molecule has 21 heavy (non-hydrogen) atoms. The molecule has 0 saturated carbocycles. The zero-order chi connectivity index (χ0) is 15.2. The Morgan fingerprint density at radius 1 is 1.38 bits per heavy atom. The summed E-state index contributed by atoms with van der Waals surface area (Å²) in [6, 6.07) is 9.61. The first kappa shape index (κ1) is 14.8. The van der Waals surface area contributed by atoms with E-state index in [1.54, 1.807) is 22.0 Å². The molecule has 1 N–H and O–H groups in total. The highest BCUT2D eigenvalue weighted by Crippen LogP contribution is 2.12. The van der Waals surface area contributed by atoms with Crippen molar-refractivity contribution in [3.05, 3.63) is 54.9 Å². The van der Waals surface area contributed by atoms with Crippen molar-refractivity contribution < 1.29 is 4.79 Å². The van der Waals surface area contributed by atoms with Crippen LogP contribution in [0.4, 0.5) is 10.5 Å². The molecule has 2 aromatic rings. The van der Waals surface area contributed by atoms with Crippen LogP contribution >= 0.6 is 0 Å². The molecule has 1 aromatic heterocycles. The minimum absolute atomic E-state index is 0.145. The minimum Gasteiger partial charge on any atom is -0.321 e. The maximum Gasteiger partial charge on any atom is 0.322 e. The second-order valence-electron chi connectivity index (χ2n) is 4.91. The summed E-state index contributed by atoms with van der Waals surface area (Å²) in [5.41, 5.74) is 2.57. The number of anilines is 1. The highest BCUT2D eigenvalue weighted by molar-refractivity contribution is 5.89. The average Bonchev–Trinajstić information content (AvgIpc) is 2.94. The van der Waals surface area contributed by atoms with E-state index in [-0.39, 0.29) is 6.03 Å². The van der Waals surface area contributed by atoms with Gasteiger partial charge in [0, 0.05) is 13.1 Å². The van der Waals surface area contributed by atoms with Crippen molar-refractivity contribution in [2.75, 3.05) is 18.4 Å². The van der Waals surface area contributed by atoms with Crippen molar-refractivity contribution in [2.45, 2.75) is 13.8 Å². The fraction of sp³-hybridized carbons (Fsp3) is 0.250. The van der Waals surface area contributed by atoms with Crippen LogP contribution in [0, 0.1) is 0 Å². The number of aromatic nitrogens is 2. The number of nitrogens with one attached hydrogen (secondary N) is 1. The number of hydrogen-bond acceptors (Lipinski definition) is 2. The summed E-state index contributed by atoms with van der Waals surface area (Å²) in [5.74, 6) is 0. The molecule has 1 aromatic carbocycles. The van der Waals surface area contributed by atoms with Crippen LogP contribution in [0.3, 0.4) is 0 Å². The van der Waals surface area contributed by atoms with Gasteiger partial charge in [-0.1, -0.05) is 30.4 Å². The fourth-order valence-corrected chi connectivity index (χ4v) is 1.96. The van der Waals surface area contributed by atoms with Gasteiger partial charge in [-0.05, 0) is 26.0 Å². The quantitative estimate of drug-likeness (QED) is 0.856. The summed E-state index contributed by atoms with van der Waals surface area (Å²) >= 11 is 0. The van der Waals surface area contributed by atoms with Gasteiger partial charge in [-0.3, -0.25) is 0 Å². The number of rotatable bonds is 5. The Hall–Kier alpha value is -2.56. The van der Waals surface area contributed by atoms with Crippen LogP contribution in [0.5, 0.6) is 0 Å². The summed E-state index contributed by atoms with van der Waals surface area (Å²) in [4.78, 5) is 13.9. The van der Waals surface area contributed by atoms with Crippen molar-refractivity contribution in [2.24, 2.45) is 0 Å². The number of urea groups is 1. The van der Waals surface area contributed by atoms with E-state index < -0.39 is 0 Å². The lowest BCUT2D eigenvalue weighted by Gasteiger charge is -2.20. The lowest BCUT2D eigenvalue weighted by molar-refractivity contribution is 0.218. The van der Waals surface area contributed by atoms with E-state index in [9.17, 15) is 4.79 Å². The van der Waals surface area contributed by atoms with Crippen molar-refractivity contribution in [3.63, 3.8) is 0 Å². The van der Waals surface area contributed by atoms with Gasteiger partial charge in [-0.2, -0.15) is 5.10 Å². The highest BCUT2D eigenvalue weighted by Gasteiger charge is 2.12.